The van der Waals surface area contributed by atoms with Gasteiger partial charge in [0.2, 0.25) is 0 Å². The van der Waals surface area contributed by atoms with Crippen LogP contribution in [0.1, 0.15) is 94.3 Å². The molecule has 0 amide bonds. The zero-order valence-electron chi connectivity index (χ0n) is 17.0. The number of halogens is 1. The minimum atomic E-state index is -0.729. The summed E-state index contributed by atoms with van der Waals surface area (Å²) in [6.45, 7) is 2.17. The Kier molecular flexibility index (Phi) is 10.1. The number of rotatable bonds is 12. The van der Waals surface area contributed by atoms with Crippen molar-refractivity contribution in [1.29, 1.82) is 0 Å². The number of hydrogen-bond acceptors (Lipinski definition) is 2. The Balaban J connectivity index is 1.90. The van der Waals surface area contributed by atoms with Crippen LogP contribution in [0.4, 0.5) is 0 Å². The molecule has 2 rings (SSSR count). The Bertz CT molecular complexity index is 611. The average Bonchev–Trinajstić information content (AvgIpc) is 3.05. The molecule has 0 heterocycles. The predicted molar refractivity (Wildman–Crippen MR) is 116 cm³/mol. The van der Waals surface area contributed by atoms with Crippen LogP contribution in [0.5, 0.6) is 0 Å². The van der Waals surface area contributed by atoms with Gasteiger partial charge in [-0.05, 0) is 55.6 Å². The van der Waals surface area contributed by atoms with E-state index in [4.69, 9.17) is 16.7 Å². The first-order valence-corrected chi connectivity index (χ1v) is 11.2. The van der Waals surface area contributed by atoms with Crippen molar-refractivity contribution < 1.29 is 15.0 Å². The van der Waals surface area contributed by atoms with E-state index in [0.29, 0.717) is 18.3 Å². The molecule has 1 aromatic carbocycles. The maximum atomic E-state index is 10.6. The molecule has 1 aliphatic carbocycles. The number of unbranched alkanes of at least 4 members (excludes halogenated alkanes) is 3. The molecule has 2 N–H and O–H groups in total. The van der Waals surface area contributed by atoms with Crippen molar-refractivity contribution >= 4 is 17.6 Å². The molecular weight excluding hydrogens is 372 g/mol. The summed E-state index contributed by atoms with van der Waals surface area (Å²) >= 11 is 6.65. The van der Waals surface area contributed by atoms with Crippen molar-refractivity contribution in [3.63, 3.8) is 0 Å². The van der Waals surface area contributed by atoms with E-state index in [2.05, 4.69) is 43.3 Å². The Morgan fingerprint density at radius 2 is 1.93 bits per heavy atom. The number of benzene rings is 1. The quantitative estimate of drug-likeness (QED) is 0.233. The number of allylic oxidation sites excluding steroid dienone is 2. The summed E-state index contributed by atoms with van der Waals surface area (Å²) in [6.07, 6.45) is 13.0. The highest BCUT2D eigenvalue weighted by Gasteiger charge is 2.35. The van der Waals surface area contributed by atoms with Crippen molar-refractivity contribution in [2.75, 3.05) is 0 Å². The molecule has 4 atom stereocenters. The molecule has 0 aromatic heterocycles. The van der Waals surface area contributed by atoms with Gasteiger partial charge in [-0.1, -0.05) is 62.6 Å². The first-order chi connectivity index (χ1) is 13.5. The second kappa shape index (κ2) is 12.3. The normalized spacial score (nSPS) is 23.3. The summed E-state index contributed by atoms with van der Waals surface area (Å²) in [7, 11) is 0. The molecule has 0 radical (unpaired) electrons. The van der Waals surface area contributed by atoms with Gasteiger partial charge in [-0.25, -0.2) is 0 Å². The minimum absolute atomic E-state index is 0.158. The Morgan fingerprint density at radius 3 is 2.61 bits per heavy atom. The van der Waals surface area contributed by atoms with Crippen LogP contribution in [0.2, 0.25) is 0 Å². The van der Waals surface area contributed by atoms with Crippen molar-refractivity contribution in [3.05, 3.63) is 47.5 Å². The predicted octanol–water partition coefficient (Wildman–Crippen LogP) is 6.60. The van der Waals surface area contributed by atoms with Gasteiger partial charge in [0.1, 0.15) is 0 Å². The van der Waals surface area contributed by atoms with Crippen molar-refractivity contribution in [1.82, 2.24) is 0 Å². The highest BCUT2D eigenvalue weighted by atomic mass is 35.5. The van der Waals surface area contributed by atoms with Crippen molar-refractivity contribution in [3.8, 4) is 0 Å². The third-order valence-electron chi connectivity index (χ3n) is 5.86. The summed E-state index contributed by atoms with van der Waals surface area (Å²) in [6, 6.07) is 8.42. The Labute approximate surface area is 174 Å². The first kappa shape index (κ1) is 23.0. The topological polar surface area (TPSA) is 57.5 Å². The number of carbonyl (C=O) groups is 1. The van der Waals surface area contributed by atoms with Gasteiger partial charge in [-0.2, -0.15) is 0 Å². The lowest BCUT2D eigenvalue weighted by Crippen LogP contribution is -2.13. The lowest BCUT2D eigenvalue weighted by Gasteiger charge is -2.22. The monoisotopic (exact) mass is 406 g/mol. The Morgan fingerprint density at radius 1 is 1.18 bits per heavy atom. The van der Waals surface area contributed by atoms with E-state index in [9.17, 15) is 9.90 Å². The van der Waals surface area contributed by atoms with E-state index in [1.54, 1.807) is 0 Å². The largest absolute Gasteiger partial charge is 0.481 e. The van der Waals surface area contributed by atoms with E-state index >= 15 is 0 Å². The standard InChI is InChI=1S/C24H35ClO3/c1-2-3-6-10-22(26)18-12-14-20(15-13-18)24-19(16-17-21(24)25)9-7-4-5-8-11-23(27)28/h4,7,12-15,19,21-22,24,26H,2-3,5-6,8-11,16-17H2,1H3,(H,27,28)/b7-4-/t19-,21-,22?,24-/m0/s1. The fourth-order valence-corrected chi connectivity index (χ4v) is 4.71. The van der Waals surface area contributed by atoms with Crippen molar-refractivity contribution in [2.45, 2.75) is 88.5 Å². The van der Waals surface area contributed by atoms with Gasteiger partial charge < -0.3 is 10.2 Å². The van der Waals surface area contributed by atoms with Crippen LogP contribution in [-0.4, -0.2) is 21.6 Å². The molecule has 1 aliphatic rings. The van der Waals surface area contributed by atoms with E-state index in [1.165, 1.54) is 12.0 Å². The third-order valence-corrected chi connectivity index (χ3v) is 6.35. The SMILES string of the molecule is CCCCCC(O)c1ccc([C@@H]2[C@@H](C/C=C\CCCC(=O)O)CC[C@@H]2Cl)cc1. The number of hydrogen-bond donors (Lipinski definition) is 2. The number of aliphatic carboxylic acids is 1. The highest BCUT2D eigenvalue weighted by Crippen LogP contribution is 2.45. The molecule has 0 saturated heterocycles. The van der Waals surface area contributed by atoms with E-state index < -0.39 is 5.97 Å². The summed E-state index contributed by atoms with van der Waals surface area (Å²) < 4.78 is 0. The maximum absolute atomic E-state index is 10.6. The number of alkyl halides is 1. The molecule has 1 unspecified atom stereocenters. The summed E-state index contributed by atoms with van der Waals surface area (Å²) in [4.78, 5) is 10.6. The van der Waals surface area contributed by atoms with Crippen LogP contribution < -0.4 is 0 Å². The molecule has 28 heavy (non-hydrogen) atoms. The minimum Gasteiger partial charge on any atom is -0.481 e. The number of carboxylic acids is 1. The average molecular weight is 407 g/mol. The third kappa shape index (κ3) is 7.25. The molecule has 1 saturated carbocycles. The van der Waals surface area contributed by atoms with Crippen molar-refractivity contribution in [2.24, 2.45) is 5.92 Å². The van der Waals surface area contributed by atoms with E-state index in [0.717, 1.165) is 50.5 Å². The molecule has 0 aliphatic heterocycles. The fraction of sp³-hybridized carbons (Fsp3) is 0.625. The lowest BCUT2D eigenvalue weighted by atomic mass is 9.85. The zero-order valence-corrected chi connectivity index (χ0v) is 17.8. The maximum Gasteiger partial charge on any atom is 0.303 e. The smallest absolute Gasteiger partial charge is 0.303 e. The summed E-state index contributed by atoms with van der Waals surface area (Å²) in [5.74, 6) is 0.142. The van der Waals surface area contributed by atoms with Crippen LogP contribution in [0.25, 0.3) is 0 Å². The molecular formula is C24H35ClO3. The molecule has 1 aromatic rings. The van der Waals surface area contributed by atoms with E-state index in [1.807, 2.05) is 0 Å². The molecule has 0 bridgehead atoms. The molecule has 4 heteroatoms. The summed E-state index contributed by atoms with van der Waals surface area (Å²) in [5.41, 5.74) is 2.27. The van der Waals surface area contributed by atoms with Gasteiger partial charge in [0.05, 0.1) is 6.10 Å². The van der Waals surface area contributed by atoms with Gasteiger partial charge in [0, 0.05) is 17.7 Å². The van der Waals surface area contributed by atoms with Gasteiger partial charge >= 0.3 is 5.97 Å². The van der Waals surface area contributed by atoms with Crippen LogP contribution >= 0.6 is 11.6 Å². The van der Waals surface area contributed by atoms with Crippen LogP contribution in [0.3, 0.4) is 0 Å². The highest BCUT2D eigenvalue weighted by molar-refractivity contribution is 6.21. The molecule has 156 valence electrons. The number of carboxylic acid groups (broad SMARTS) is 1. The number of aliphatic hydroxyl groups is 1. The van der Waals surface area contributed by atoms with Crippen LogP contribution in [0, 0.1) is 5.92 Å². The van der Waals surface area contributed by atoms with E-state index in [-0.39, 0.29) is 17.9 Å². The Hall–Kier alpha value is -1.32. The van der Waals surface area contributed by atoms with Crippen LogP contribution in [0.15, 0.2) is 36.4 Å². The first-order valence-electron chi connectivity index (χ1n) is 10.8. The number of aliphatic hydroxyl groups excluding tert-OH is 1. The van der Waals surface area contributed by atoms with Gasteiger partial charge in [0.15, 0.2) is 0 Å². The van der Waals surface area contributed by atoms with Gasteiger partial charge in [0.25, 0.3) is 0 Å². The summed E-state index contributed by atoms with van der Waals surface area (Å²) in [5, 5.41) is 19.2. The lowest BCUT2D eigenvalue weighted by molar-refractivity contribution is -0.137. The molecule has 3 nitrogen and oxygen atoms in total. The zero-order chi connectivity index (χ0) is 20.4. The van der Waals surface area contributed by atoms with Gasteiger partial charge in [-0.3, -0.25) is 4.79 Å². The van der Waals surface area contributed by atoms with Crippen LogP contribution in [-0.2, 0) is 4.79 Å². The molecule has 1 fully saturated rings. The second-order valence-corrected chi connectivity index (χ2v) is 8.61. The second-order valence-electron chi connectivity index (χ2n) is 8.05. The molecule has 0 spiro atoms. The fourth-order valence-electron chi connectivity index (χ4n) is 4.23. The van der Waals surface area contributed by atoms with Gasteiger partial charge in [-0.15, -0.1) is 11.6 Å².